The normalized spacial score (nSPS) is 20.3. The van der Waals surface area contributed by atoms with Gasteiger partial charge >= 0.3 is 0 Å². The van der Waals surface area contributed by atoms with Crippen LogP contribution in [0.2, 0.25) is 0 Å². The second-order valence-corrected chi connectivity index (χ2v) is 7.88. The molecule has 0 saturated carbocycles. The molecular formula is C20H22N2O4S. The van der Waals surface area contributed by atoms with E-state index in [1.165, 1.54) is 18.9 Å². The maximum absolute atomic E-state index is 13.1. The predicted molar refractivity (Wildman–Crippen MR) is 105 cm³/mol. The molecule has 1 aromatic carbocycles. The number of methoxy groups -OCH3 is 1. The smallest absolute Gasteiger partial charge is 0.217 e. The molecule has 1 aliphatic heterocycles. The highest BCUT2D eigenvalue weighted by Crippen LogP contribution is 2.43. The van der Waals surface area contributed by atoms with Crippen molar-refractivity contribution in [1.82, 2.24) is 4.90 Å². The highest BCUT2D eigenvalue weighted by Gasteiger charge is 2.39. The number of ketones is 2. The maximum atomic E-state index is 13.1. The Bertz CT molecular complexity index is 872. The van der Waals surface area contributed by atoms with Crippen molar-refractivity contribution in [3.8, 4) is 0 Å². The summed E-state index contributed by atoms with van der Waals surface area (Å²) in [6.07, 6.45) is 2.54. The minimum atomic E-state index is -0.569. The van der Waals surface area contributed by atoms with E-state index < -0.39 is 5.44 Å². The molecule has 2 aliphatic rings. The fourth-order valence-electron chi connectivity index (χ4n) is 3.42. The van der Waals surface area contributed by atoms with Crippen molar-refractivity contribution in [1.29, 1.82) is 0 Å². The van der Waals surface area contributed by atoms with Crippen molar-refractivity contribution in [2.75, 3.05) is 21.2 Å². The number of ether oxygens (including phenoxy) is 1. The van der Waals surface area contributed by atoms with E-state index in [2.05, 4.69) is 0 Å². The highest BCUT2D eigenvalue weighted by molar-refractivity contribution is 8.03. The summed E-state index contributed by atoms with van der Waals surface area (Å²) in [6.45, 7) is 0. The molecule has 1 aliphatic carbocycles. The van der Waals surface area contributed by atoms with Crippen molar-refractivity contribution in [3.63, 3.8) is 0 Å². The number of carbonyl (C=O) groups is 3. The molecule has 27 heavy (non-hydrogen) atoms. The number of carbonyl (C=O) groups excluding carboxylic acids is 3. The molecule has 0 spiro atoms. The molecule has 0 aromatic heterocycles. The molecule has 6 nitrogen and oxygen atoms in total. The number of nitrogens with zero attached hydrogens (tertiary/aromatic N) is 1. The number of allylic oxidation sites excluding steroid dienone is 2. The number of fused-ring (bicyclic) bond motifs is 1. The molecule has 1 amide bonds. The lowest BCUT2D eigenvalue weighted by Crippen LogP contribution is -2.35. The summed E-state index contributed by atoms with van der Waals surface area (Å²) in [4.78, 5) is 40.1. The third kappa shape index (κ3) is 3.63. The number of thioether (sulfide) groups is 1. The van der Waals surface area contributed by atoms with Gasteiger partial charge in [0.25, 0.3) is 0 Å². The predicted octanol–water partition coefficient (Wildman–Crippen LogP) is 2.16. The van der Waals surface area contributed by atoms with Crippen molar-refractivity contribution in [3.05, 3.63) is 57.5 Å². The van der Waals surface area contributed by atoms with Crippen LogP contribution in [0.25, 0.3) is 0 Å². The fraction of sp³-hybridized carbons (Fsp3) is 0.350. The lowest BCUT2D eigenvalue weighted by Gasteiger charge is -2.34. The Kier molecular flexibility index (Phi) is 5.64. The Hall–Kier alpha value is -2.22. The van der Waals surface area contributed by atoms with Crippen molar-refractivity contribution < 1.29 is 19.1 Å². The molecule has 7 heteroatoms. The summed E-state index contributed by atoms with van der Waals surface area (Å²) in [5.41, 5.74) is 6.34. The molecule has 2 unspecified atom stereocenters. The van der Waals surface area contributed by atoms with Gasteiger partial charge in [0.2, 0.25) is 5.91 Å². The summed E-state index contributed by atoms with van der Waals surface area (Å²) >= 11 is 1.40. The first kappa shape index (κ1) is 19.5. The monoisotopic (exact) mass is 386 g/mol. The standard InChI is InChI=1S/C20H22N2O4S/c1-22(2)14(8-9-16(21)23)15-10-13-17(20(26-3)27-15)19(25)12-7-5-4-6-11(12)18(13)24/h4-7,10,14,20H,8-9H2,1-3H3,(H2,21,23). The highest BCUT2D eigenvalue weighted by atomic mass is 32.2. The molecular weight excluding hydrogens is 364 g/mol. The summed E-state index contributed by atoms with van der Waals surface area (Å²) < 4.78 is 5.56. The topological polar surface area (TPSA) is 89.7 Å². The van der Waals surface area contributed by atoms with Crippen LogP contribution < -0.4 is 5.73 Å². The van der Waals surface area contributed by atoms with Gasteiger partial charge < -0.3 is 15.4 Å². The quantitative estimate of drug-likeness (QED) is 0.806. The largest absolute Gasteiger partial charge is 0.370 e. The van der Waals surface area contributed by atoms with Gasteiger partial charge in [0.05, 0.1) is 5.57 Å². The first-order chi connectivity index (χ1) is 12.8. The number of benzene rings is 1. The molecule has 142 valence electrons. The van der Waals surface area contributed by atoms with Gasteiger partial charge in [0.1, 0.15) is 5.44 Å². The molecule has 3 rings (SSSR count). The number of rotatable bonds is 6. The Morgan fingerprint density at radius 2 is 1.85 bits per heavy atom. The number of primary amides is 1. The van der Waals surface area contributed by atoms with E-state index in [0.29, 0.717) is 28.7 Å². The number of likely N-dealkylation sites (N-methyl/N-ethyl adjacent to an activating group) is 1. The molecule has 1 heterocycles. The fourth-order valence-corrected chi connectivity index (χ4v) is 4.79. The lowest BCUT2D eigenvalue weighted by molar-refractivity contribution is -0.118. The van der Waals surface area contributed by atoms with Crippen LogP contribution in [-0.2, 0) is 9.53 Å². The van der Waals surface area contributed by atoms with Crippen LogP contribution in [0.5, 0.6) is 0 Å². The van der Waals surface area contributed by atoms with E-state index in [-0.39, 0.29) is 29.9 Å². The van der Waals surface area contributed by atoms with E-state index in [9.17, 15) is 14.4 Å². The zero-order valence-electron chi connectivity index (χ0n) is 15.5. The van der Waals surface area contributed by atoms with E-state index in [1.54, 1.807) is 30.3 Å². The van der Waals surface area contributed by atoms with Crippen LogP contribution in [0.15, 0.2) is 46.4 Å². The maximum Gasteiger partial charge on any atom is 0.217 e. The number of hydrogen-bond donors (Lipinski definition) is 1. The Labute approximate surface area is 162 Å². The zero-order valence-corrected chi connectivity index (χ0v) is 16.3. The summed E-state index contributed by atoms with van der Waals surface area (Å²) in [5, 5.41) is 0. The average Bonchev–Trinajstić information content (AvgIpc) is 2.65. The van der Waals surface area contributed by atoms with Crippen LogP contribution in [0.1, 0.15) is 33.6 Å². The van der Waals surface area contributed by atoms with Gasteiger partial charge in [-0.1, -0.05) is 36.0 Å². The number of Topliss-reactive ketones (excluding diaryl/α,β-unsaturated/α-hetero) is 2. The third-order valence-electron chi connectivity index (χ3n) is 4.79. The van der Waals surface area contributed by atoms with Crippen LogP contribution in [-0.4, -0.2) is 55.1 Å². The first-order valence-corrected chi connectivity index (χ1v) is 9.51. The minimum absolute atomic E-state index is 0.103. The van der Waals surface area contributed by atoms with Crippen molar-refractivity contribution in [2.24, 2.45) is 5.73 Å². The Morgan fingerprint density at radius 3 is 2.41 bits per heavy atom. The molecule has 0 saturated heterocycles. The Morgan fingerprint density at radius 1 is 1.22 bits per heavy atom. The average molecular weight is 386 g/mol. The van der Waals surface area contributed by atoms with Gasteiger partial charge in [-0.05, 0) is 26.6 Å². The van der Waals surface area contributed by atoms with Gasteiger partial charge in [-0.2, -0.15) is 0 Å². The zero-order chi connectivity index (χ0) is 19.7. The van der Waals surface area contributed by atoms with Gasteiger partial charge in [-0.15, -0.1) is 0 Å². The SMILES string of the molecule is COC1SC(C(CCC(N)=O)N(C)C)=CC2=C1C(=O)c1ccccc1C2=O. The van der Waals surface area contributed by atoms with Crippen molar-refractivity contribution >= 4 is 29.2 Å². The lowest BCUT2D eigenvalue weighted by atomic mass is 9.83. The number of nitrogens with two attached hydrogens (primary N) is 1. The number of hydrogen-bond acceptors (Lipinski definition) is 6. The summed E-state index contributed by atoms with van der Waals surface area (Å²) in [6, 6.07) is 6.74. The van der Waals surface area contributed by atoms with Gasteiger partial charge in [-0.3, -0.25) is 14.4 Å². The van der Waals surface area contributed by atoms with Crippen molar-refractivity contribution in [2.45, 2.75) is 24.3 Å². The molecule has 2 atom stereocenters. The van der Waals surface area contributed by atoms with E-state index >= 15 is 0 Å². The van der Waals surface area contributed by atoms with Crippen LogP contribution in [0, 0.1) is 0 Å². The summed E-state index contributed by atoms with van der Waals surface area (Å²) in [7, 11) is 5.33. The first-order valence-electron chi connectivity index (χ1n) is 8.63. The molecule has 2 N–H and O–H groups in total. The van der Waals surface area contributed by atoms with Gasteiger partial charge in [0, 0.05) is 41.2 Å². The van der Waals surface area contributed by atoms with E-state index in [1.807, 2.05) is 19.0 Å². The summed E-state index contributed by atoms with van der Waals surface area (Å²) in [5.74, 6) is -0.717. The van der Waals surface area contributed by atoms with Gasteiger partial charge in [-0.25, -0.2) is 0 Å². The number of amides is 1. The van der Waals surface area contributed by atoms with Crippen LogP contribution >= 0.6 is 11.8 Å². The van der Waals surface area contributed by atoms with E-state index in [4.69, 9.17) is 10.5 Å². The third-order valence-corrected chi connectivity index (χ3v) is 6.10. The van der Waals surface area contributed by atoms with E-state index in [0.717, 1.165) is 4.91 Å². The van der Waals surface area contributed by atoms with Crippen LogP contribution in [0.3, 0.4) is 0 Å². The Balaban J connectivity index is 2.06. The molecule has 0 radical (unpaired) electrons. The molecule has 0 fully saturated rings. The minimum Gasteiger partial charge on any atom is -0.370 e. The molecule has 1 aromatic rings. The molecule has 0 bridgehead atoms. The van der Waals surface area contributed by atoms with Gasteiger partial charge in [0.15, 0.2) is 11.6 Å². The second kappa shape index (κ2) is 7.80. The van der Waals surface area contributed by atoms with Crippen LogP contribution in [0.4, 0.5) is 0 Å². The second-order valence-electron chi connectivity index (χ2n) is 6.75.